The molecule has 1 saturated carbocycles. The number of rotatable bonds is 4. The number of benzene rings is 2. The van der Waals surface area contributed by atoms with E-state index < -0.39 is 15.1 Å². The van der Waals surface area contributed by atoms with Gasteiger partial charge in [-0.2, -0.15) is 0 Å². The quantitative estimate of drug-likeness (QED) is 0.842. The third-order valence-electron chi connectivity index (χ3n) is 4.25. The van der Waals surface area contributed by atoms with E-state index in [4.69, 9.17) is 29.6 Å². The number of nitrogens with two attached hydrogens (primary N) is 1. The van der Waals surface area contributed by atoms with Crippen LogP contribution >= 0.6 is 23.8 Å². The Labute approximate surface area is 146 Å². The van der Waals surface area contributed by atoms with E-state index in [1.54, 1.807) is 36.4 Å². The van der Waals surface area contributed by atoms with Crippen molar-refractivity contribution in [3.8, 4) is 0 Å². The van der Waals surface area contributed by atoms with Crippen molar-refractivity contribution >= 4 is 38.6 Å². The predicted molar refractivity (Wildman–Crippen MR) is 96.6 cm³/mol. The molecular weight excluding hydrogens is 350 g/mol. The second-order valence-electron chi connectivity index (χ2n) is 5.83. The van der Waals surface area contributed by atoms with E-state index in [2.05, 4.69) is 0 Å². The second kappa shape index (κ2) is 5.89. The number of hydrogen-bond donors (Lipinski definition) is 1. The Morgan fingerprint density at radius 3 is 2.17 bits per heavy atom. The summed E-state index contributed by atoms with van der Waals surface area (Å²) in [6.07, 6.45) is 0. The maximum Gasteiger partial charge on any atom is 0.182 e. The molecule has 0 amide bonds. The maximum atomic E-state index is 12.9. The van der Waals surface area contributed by atoms with Crippen LogP contribution in [0.5, 0.6) is 0 Å². The van der Waals surface area contributed by atoms with Crippen LogP contribution in [0.4, 0.5) is 0 Å². The molecule has 120 valence electrons. The number of hydrogen-bond acceptors (Lipinski definition) is 3. The second-order valence-corrected chi connectivity index (χ2v) is 8.84. The summed E-state index contributed by atoms with van der Waals surface area (Å²) >= 11 is 11.0. The number of aryl methyl sites for hydroxylation is 1. The summed E-state index contributed by atoms with van der Waals surface area (Å²) in [5.41, 5.74) is 7.70. The summed E-state index contributed by atoms with van der Waals surface area (Å²) in [5.74, 6) is -0.548. The van der Waals surface area contributed by atoms with Gasteiger partial charge in [0.05, 0.1) is 15.1 Å². The summed E-state index contributed by atoms with van der Waals surface area (Å²) in [5, 5.41) is 0.00287. The van der Waals surface area contributed by atoms with Crippen LogP contribution in [-0.4, -0.2) is 18.7 Å². The minimum atomic E-state index is -3.48. The first-order chi connectivity index (χ1) is 10.8. The highest BCUT2D eigenvalue weighted by atomic mass is 35.5. The molecule has 0 heterocycles. The predicted octanol–water partition coefficient (Wildman–Crippen LogP) is 3.49. The van der Waals surface area contributed by atoms with Crippen molar-refractivity contribution in [1.82, 2.24) is 0 Å². The normalized spacial score (nSPS) is 23.5. The van der Waals surface area contributed by atoms with Gasteiger partial charge in [0.25, 0.3) is 0 Å². The van der Waals surface area contributed by atoms with Gasteiger partial charge in [0.2, 0.25) is 0 Å². The molecule has 1 aliphatic carbocycles. The molecule has 3 nitrogen and oxygen atoms in total. The molecule has 3 rings (SSSR count). The highest BCUT2D eigenvalue weighted by Gasteiger charge is 2.60. The minimum Gasteiger partial charge on any atom is -0.393 e. The molecule has 0 spiro atoms. The molecule has 0 aliphatic heterocycles. The van der Waals surface area contributed by atoms with Crippen molar-refractivity contribution in [2.75, 3.05) is 0 Å². The van der Waals surface area contributed by atoms with Crippen LogP contribution in [0, 0.1) is 12.8 Å². The fraction of sp³-hybridized carbons (Fsp3) is 0.235. The van der Waals surface area contributed by atoms with Gasteiger partial charge >= 0.3 is 0 Å². The van der Waals surface area contributed by atoms with Crippen LogP contribution in [0.2, 0.25) is 5.02 Å². The third-order valence-corrected chi connectivity index (χ3v) is 7.00. The topological polar surface area (TPSA) is 60.2 Å². The zero-order valence-electron chi connectivity index (χ0n) is 12.4. The van der Waals surface area contributed by atoms with E-state index in [1.165, 1.54) is 0 Å². The molecule has 0 saturated heterocycles. The fourth-order valence-electron chi connectivity index (χ4n) is 2.98. The zero-order chi connectivity index (χ0) is 16.8. The van der Waals surface area contributed by atoms with Crippen LogP contribution < -0.4 is 5.73 Å². The van der Waals surface area contributed by atoms with Gasteiger partial charge in [0.1, 0.15) is 0 Å². The lowest BCUT2D eigenvalue weighted by atomic mass is 10.1. The lowest BCUT2D eigenvalue weighted by Gasteiger charge is -2.05. The highest BCUT2D eigenvalue weighted by Crippen LogP contribution is 2.54. The zero-order valence-corrected chi connectivity index (χ0v) is 14.8. The molecular formula is C17H16ClNO2S2. The van der Waals surface area contributed by atoms with E-state index in [0.29, 0.717) is 9.92 Å². The van der Waals surface area contributed by atoms with Gasteiger partial charge in [-0.05, 0) is 36.8 Å². The number of halogens is 1. The molecule has 2 N–H and O–H groups in total. The SMILES string of the molecule is Cc1ccc(S(=O)(=O)[C@H]2[C@H](C(N)=S)[C@@H]2c2ccc(Cl)cc2)cc1. The average Bonchev–Trinajstić information content (AvgIpc) is 3.25. The van der Waals surface area contributed by atoms with Gasteiger partial charge in [0.15, 0.2) is 9.84 Å². The number of sulfone groups is 1. The smallest absolute Gasteiger partial charge is 0.182 e. The Kier molecular flexibility index (Phi) is 4.21. The monoisotopic (exact) mass is 365 g/mol. The molecule has 0 radical (unpaired) electrons. The maximum absolute atomic E-state index is 12.9. The van der Waals surface area contributed by atoms with Gasteiger partial charge in [0, 0.05) is 16.9 Å². The van der Waals surface area contributed by atoms with Crippen LogP contribution in [0.25, 0.3) is 0 Å². The Balaban J connectivity index is 1.98. The number of thiocarbonyl (C=S) groups is 1. The first-order valence-electron chi connectivity index (χ1n) is 7.18. The molecule has 2 aromatic rings. The van der Waals surface area contributed by atoms with Crippen molar-refractivity contribution in [1.29, 1.82) is 0 Å². The van der Waals surface area contributed by atoms with E-state index in [1.807, 2.05) is 19.1 Å². The van der Waals surface area contributed by atoms with Crippen molar-refractivity contribution in [2.45, 2.75) is 23.0 Å². The summed E-state index contributed by atoms with van der Waals surface area (Å²) < 4.78 is 25.9. The van der Waals surface area contributed by atoms with Crippen molar-refractivity contribution in [3.05, 3.63) is 64.7 Å². The van der Waals surface area contributed by atoms with E-state index in [9.17, 15) is 8.42 Å². The molecule has 1 aliphatic rings. The first-order valence-corrected chi connectivity index (χ1v) is 9.51. The van der Waals surface area contributed by atoms with Crippen molar-refractivity contribution in [3.63, 3.8) is 0 Å². The van der Waals surface area contributed by atoms with Crippen LogP contribution in [0.1, 0.15) is 17.0 Å². The van der Waals surface area contributed by atoms with E-state index in [-0.39, 0.29) is 16.8 Å². The molecule has 0 bridgehead atoms. The van der Waals surface area contributed by atoms with Gasteiger partial charge in [-0.1, -0.05) is 53.6 Å². The summed E-state index contributed by atoms with van der Waals surface area (Å²) in [7, 11) is -3.48. The molecule has 3 atom stereocenters. The molecule has 0 unspecified atom stereocenters. The summed E-state index contributed by atoms with van der Waals surface area (Å²) in [4.78, 5) is 0.552. The van der Waals surface area contributed by atoms with E-state index in [0.717, 1.165) is 11.1 Å². The van der Waals surface area contributed by atoms with Gasteiger partial charge in [-0.3, -0.25) is 0 Å². The van der Waals surface area contributed by atoms with Gasteiger partial charge in [-0.15, -0.1) is 0 Å². The molecule has 2 aromatic carbocycles. The summed E-state index contributed by atoms with van der Waals surface area (Å²) in [6, 6.07) is 14.0. The minimum absolute atomic E-state index is 0.212. The molecule has 6 heteroatoms. The first kappa shape index (κ1) is 16.4. The standard InChI is InChI=1S/C17H16ClNO2S2/c1-10-2-8-13(9-3-10)23(20,21)16-14(15(16)17(19)22)11-4-6-12(18)7-5-11/h2-9,14-16H,1H3,(H2,19,22)/t14-,15+,16+/m0/s1. The van der Waals surface area contributed by atoms with Gasteiger partial charge < -0.3 is 5.73 Å². The molecule has 0 aromatic heterocycles. The highest BCUT2D eigenvalue weighted by molar-refractivity contribution is 7.92. The van der Waals surface area contributed by atoms with Crippen molar-refractivity contribution in [2.24, 2.45) is 11.7 Å². The third kappa shape index (κ3) is 3.01. The van der Waals surface area contributed by atoms with Crippen LogP contribution in [-0.2, 0) is 9.84 Å². The fourth-order valence-corrected chi connectivity index (χ4v) is 5.63. The Morgan fingerprint density at radius 1 is 1.09 bits per heavy atom. The molecule has 1 fully saturated rings. The van der Waals surface area contributed by atoms with Crippen LogP contribution in [0.15, 0.2) is 53.4 Å². The van der Waals surface area contributed by atoms with Crippen LogP contribution in [0.3, 0.4) is 0 Å². The Bertz CT molecular complexity index is 845. The van der Waals surface area contributed by atoms with E-state index >= 15 is 0 Å². The van der Waals surface area contributed by atoms with Gasteiger partial charge in [-0.25, -0.2) is 8.42 Å². The Morgan fingerprint density at radius 2 is 1.65 bits per heavy atom. The largest absolute Gasteiger partial charge is 0.393 e. The summed E-state index contributed by atoms with van der Waals surface area (Å²) in [6.45, 7) is 1.92. The molecule has 23 heavy (non-hydrogen) atoms. The lowest BCUT2D eigenvalue weighted by molar-refractivity contribution is 0.593. The average molecular weight is 366 g/mol. The van der Waals surface area contributed by atoms with Crippen molar-refractivity contribution < 1.29 is 8.42 Å². The lowest BCUT2D eigenvalue weighted by Crippen LogP contribution is -2.17. The Hall–Kier alpha value is -1.43.